The van der Waals surface area contributed by atoms with Gasteiger partial charge in [0.1, 0.15) is 23.7 Å². The molecule has 24 heavy (non-hydrogen) atoms. The summed E-state index contributed by atoms with van der Waals surface area (Å²) >= 11 is 1.37. The fraction of sp³-hybridized carbons (Fsp3) is 0.118. The summed E-state index contributed by atoms with van der Waals surface area (Å²) < 4.78 is 2.11. The topological polar surface area (TPSA) is 51.0 Å². The summed E-state index contributed by atoms with van der Waals surface area (Å²) in [6.07, 6.45) is 3.31. The predicted octanol–water partition coefficient (Wildman–Crippen LogP) is 1.86. The molecular formula is C17H13BN4OS. The Morgan fingerprint density at radius 2 is 2.04 bits per heavy atom. The van der Waals surface area contributed by atoms with Crippen molar-refractivity contribution in [2.24, 2.45) is 0 Å². The van der Waals surface area contributed by atoms with Crippen molar-refractivity contribution in [1.82, 2.24) is 14.5 Å². The first kappa shape index (κ1) is 14.9. The third-order valence-corrected chi connectivity index (χ3v) is 4.97. The van der Waals surface area contributed by atoms with Crippen LogP contribution in [-0.4, -0.2) is 36.5 Å². The van der Waals surface area contributed by atoms with Crippen LogP contribution < -0.4 is 15.9 Å². The fourth-order valence-corrected chi connectivity index (χ4v) is 3.82. The highest BCUT2D eigenvalue weighted by Crippen LogP contribution is 2.35. The molecule has 4 aromatic rings. The second-order valence-electron chi connectivity index (χ2n) is 5.70. The molecule has 0 bridgehead atoms. The van der Waals surface area contributed by atoms with Gasteiger partial charge in [0.2, 0.25) is 0 Å². The Hall–Kier alpha value is -2.67. The van der Waals surface area contributed by atoms with Gasteiger partial charge in [0.05, 0.1) is 16.6 Å². The Balaban J connectivity index is 2.06. The highest BCUT2D eigenvalue weighted by atomic mass is 32.1. The lowest BCUT2D eigenvalue weighted by Gasteiger charge is -2.13. The highest BCUT2D eigenvalue weighted by Gasteiger charge is 2.16. The molecule has 0 amide bonds. The minimum Gasteiger partial charge on any atom is -0.377 e. The van der Waals surface area contributed by atoms with Crippen molar-refractivity contribution in [2.75, 3.05) is 19.0 Å². The lowest BCUT2D eigenvalue weighted by atomic mass is 9.96. The molecule has 4 rings (SSSR count). The number of aromatic nitrogens is 3. The van der Waals surface area contributed by atoms with Crippen LogP contribution in [0.4, 0.5) is 5.69 Å². The van der Waals surface area contributed by atoms with E-state index in [1.165, 1.54) is 15.9 Å². The number of hydrogen-bond donors (Lipinski definition) is 0. The number of fused-ring (bicyclic) bond motifs is 3. The van der Waals surface area contributed by atoms with E-state index in [2.05, 4.69) is 9.97 Å². The van der Waals surface area contributed by atoms with Crippen LogP contribution in [-0.2, 0) is 0 Å². The monoisotopic (exact) mass is 332 g/mol. The molecule has 5 nitrogen and oxygen atoms in total. The Labute approximate surface area is 143 Å². The predicted molar refractivity (Wildman–Crippen MR) is 100 cm³/mol. The first-order chi connectivity index (χ1) is 11.6. The van der Waals surface area contributed by atoms with E-state index in [0.717, 1.165) is 15.9 Å². The third-order valence-electron chi connectivity index (χ3n) is 3.89. The van der Waals surface area contributed by atoms with Gasteiger partial charge in [-0.05, 0) is 18.2 Å². The maximum atomic E-state index is 12.9. The van der Waals surface area contributed by atoms with E-state index in [9.17, 15) is 4.79 Å². The van der Waals surface area contributed by atoms with Gasteiger partial charge in [-0.3, -0.25) is 9.36 Å². The summed E-state index contributed by atoms with van der Waals surface area (Å²) in [5, 5.41) is 0.916. The maximum Gasteiger partial charge on any atom is 0.275 e. The number of nitrogens with zero attached hydrogens (tertiary/aromatic N) is 4. The van der Waals surface area contributed by atoms with Gasteiger partial charge in [-0.25, -0.2) is 9.97 Å². The average molecular weight is 332 g/mol. The maximum absolute atomic E-state index is 12.9. The summed E-state index contributed by atoms with van der Waals surface area (Å²) in [5.41, 5.74) is 2.88. The molecule has 0 aliphatic carbocycles. The quantitative estimate of drug-likeness (QED) is 0.526. The first-order valence-corrected chi connectivity index (χ1v) is 8.20. The molecule has 2 radical (unpaired) electrons. The Morgan fingerprint density at radius 1 is 1.21 bits per heavy atom. The molecule has 0 atom stereocenters. The molecule has 0 saturated carbocycles. The number of benzene rings is 1. The van der Waals surface area contributed by atoms with Gasteiger partial charge in [-0.15, -0.1) is 11.3 Å². The van der Waals surface area contributed by atoms with Gasteiger partial charge >= 0.3 is 0 Å². The van der Waals surface area contributed by atoms with Gasteiger partial charge in [0.15, 0.2) is 0 Å². The Bertz CT molecular complexity index is 1130. The summed E-state index contributed by atoms with van der Waals surface area (Å²) in [5.74, 6) is 0. The van der Waals surface area contributed by atoms with Crippen molar-refractivity contribution >= 4 is 50.8 Å². The Morgan fingerprint density at radius 3 is 2.79 bits per heavy atom. The second kappa shape index (κ2) is 5.45. The molecular weight excluding hydrogens is 319 g/mol. The van der Waals surface area contributed by atoms with E-state index in [1.54, 1.807) is 24.7 Å². The standard InChI is InChI=1S/C17H13BN4OS/c1-21(2)12-6-7-19-16-13(12)14-15(24-16)17(23)22(9-20-14)11-5-3-4-10(18)8-11/h3-9H,1-2H3. The molecule has 0 fully saturated rings. The number of rotatable bonds is 2. The van der Waals surface area contributed by atoms with E-state index in [1.807, 2.05) is 37.2 Å². The van der Waals surface area contributed by atoms with E-state index in [4.69, 9.17) is 7.85 Å². The van der Waals surface area contributed by atoms with Gasteiger partial charge < -0.3 is 4.90 Å². The number of thiophene rings is 1. The molecule has 3 aromatic heterocycles. The molecule has 0 aliphatic rings. The van der Waals surface area contributed by atoms with Gasteiger partial charge in [0.25, 0.3) is 5.56 Å². The van der Waals surface area contributed by atoms with Crippen molar-refractivity contribution in [1.29, 1.82) is 0 Å². The minimum absolute atomic E-state index is 0.113. The molecule has 0 unspecified atom stereocenters. The van der Waals surface area contributed by atoms with Crippen LogP contribution in [0.25, 0.3) is 26.1 Å². The lowest BCUT2D eigenvalue weighted by molar-refractivity contribution is 0.969. The van der Waals surface area contributed by atoms with Crippen molar-refractivity contribution in [3.8, 4) is 5.69 Å². The molecule has 1 aromatic carbocycles. The van der Waals surface area contributed by atoms with E-state index in [-0.39, 0.29) is 5.56 Å². The highest BCUT2D eigenvalue weighted by molar-refractivity contribution is 7.25. The fourth-order valence-electron chi connectivity index (χ4n) is 2.77. The summed E-state index contributed by atoms with van der Waals surface area (Å²) in [4.78, 5) is 24.7. The summed E-state index contributed by atoms with van der Waals surface area (Å²) in [7, 11) is 9.75. The zero-order valence-corrected chi connectivity index (χ0v) is 14.0. The third kappa shape index (κ3) is 2.20. The largest absolute Gasteiger partial charge is 0.377 e. The normalized spacial score (nSPS) is 11.2. The molecule has 0 saturated heterocycles. The van der Waals surface area contributed by atoms with Crippen molar-refractivity contribution in [3.63, 3.8) is 0 Å². The minimum atomic E-state index is -0.113. The van der Waals surface area contributed by atoms with Crippen LogP contribution in [0.2, 0.25) is 0 Å². The molecule has 0 aliphatic heterocycles. The SMILES string of the molecule is [B]c1cccc(-n2cnc3c(sc4nccc(N(C)C)c43)c2=O)c1. The molecule has 0 spiro atoms. The van der Waals surface area contributed by atoms with E-state index < -0.39 is 0 Å². The van der Waals surface area contributed by atoms with Crippen molar-refractivity contribution in [2.45, 2.75) is 0 Å². The first-order valence-electron chi connectivity index (χ1n) is 7.38. The summed E-state index contributed by atoms with van der Waals surface area (Å²) in [6.45, 7) is 0. The van der Waals surface area contributed by atoms with Crippen LogP contribution >= 0.6 is 11.3 Å². The van der Waals surface area contributed by atoms with Crippen molar-refractivity contribution < 1.29 is 0 Å². The molecule has 116 valence electrons. The van der Waals surface area contributed by atoms with Crippen LogP contribution in [0.1, 0.15) is 0 Å². The number of anilines is 1. The molecule has 7 heteroatoms. The number of pyridine rings is 1. The zero-order valence-electron chi connectivity index (χ0n) is 13.2. The summed E-state index contributed by atoms with van der Waals surface area (Å²) in [6, 6.07) is 9.12. The van der Waals surface area contributed by atoms with E-state index in [0.29, 0.717) is 21.4 Å². The van der Waals surface area contributed by atoms with Gasteiger partial charge in [-0.1, -0.05) is 17.6 Å². The van der Waals surface area contributed by atoms with Crippen LogP contribution in [0.5, 0.6) is 0 Å². The van der Waals surface area contributed by atoms with E-state index >= 15 is 0 Å². The van der Waals surface area contributed by atoms with Crippen LogP contribution in [0.15, 0.2) is 47.7 Å². The molecule has 3 heterocycles. The number of hydrogen-bond acceptors (Lipinski definition) is 5. The zero-order chi connectivity index (χ0) is 16.8. The lowest BCUT2D eigenvalue weighted by Crippen LogP contribution is -2.19. The Kier molecular flexibility index (Phi) is 3.39. The second-order valence-corrected chi connectivity index (χ2v) is 6.70. The van der Waals surface area contributed by atoms with Gasteiger partial charge in [0, 0.05) is 26.0 Å². The van der Waals surface area contributed by atoms with Crippen molar-refractivity contribution in [3.05, 3.63) is 53.2 Å². The van der Waals surface area contributed by atoms with Crippen LogP contribution in [0.3, 0.4) is 0 Å². The smallest absolute Gasteiger partial charge is 0.275 e. The average Bonchev–Trinajstić information content (AvgIpc) is 2.94. The van der Waals surface area contributed by atoms with Crippen LogP contribution in [0, 0.1) is 0 Å². The van der Waals surface area contributed by atoms with Gasteiger partial charge in [-0.2, -0.15) is 0 Å². The molecule has 0 N–H and O–H groups in total.